The lowest BCUT2D eigenvalue weighted by Gasteiger charge is -2.25. The monoisotopic (exact) mass is 352 g/mol. The summed E-state index contributed by atoms with van der Waals surface area (Å²) < 4.78 is 10.8. The Morgan fingerprint density at radius 3 is 2.54 bits per heavy atom. The number of carbonyl (C=O) groups excluding carboxylic acids is 1. The van der Waals surface area contributed by atoms with Gasteiger partial charge in [0.1, 0.15) is 11.3 Å². The molecule has 0 radical (unpaired) electrons. The van der Waals surface area contributed by atoms with Crippen LogP contribution in [0.3, 0.4) is 0 Å². The number of para-hydroxylation sites is 1. The van der Waals surface area contributed by atoms with Crippen LogP contribution >= 0.6 is 0 Å². The summed E-state index contributed by atoms with van der Waals surface area (Å²) in [6, 6.07) is 17.6. The number of likely N-dealkylation sites (N-methyl/N-ethyl adjacent to an activating group) is 1. The number of fused-ring (bicyclic) bond motifs is 1. The first-order chi connectivity index (χ1) is 12.6. The van der Waals surface area contributed by atoms with Gasteiger partial charge in [0.25, 0.3) is 0 Å². The molecular weight excluding hydrogens is 328 g/mol. The summed E-state index contributed by atoms with van der Waals surface area (Å²) in [5.41, 5.74) is 1.90. The van der Waals surface area contributed by atoms with Gasteiger partial charge in [0.15, 0.2) is 5.76 Å². The molecule has 26 heavy (non-hydrogen) atoms. The number of ketones is 1. The zero-order chi connectivity index (χ0) is 18.5. The van der Waals surface area contributed by atoms with Gasteiger partial charge in [-0.3, -0.25) is 4.79 Å². The Kier molecular flexibility index (Phi) is 5.71. The van der Waals surface area contributed by atoms with Gasteiger partial charge in [0, 0.05) is 18.0 Å². The van der Waals surface area contributed by atoms with Gasteiger partial charge in [-0.2, -0.15) is 0 Å². The molecule has 5 nitrogen and oxygen atoms in total. The summed E-state index contributed by atoms with van der Waals surface area (Å²) in [6.45, 7) is 0.894. The van der Waals surface area contributed by atoms with E-state index < -0.39 is 0 Å². The molecule has 1 heterocycles. The first kappa shape index (κ1) is 18.2. The highest BCUT2D eigenvalue weighted by Crippen LogP contribution is 2.21. The molecule has 0 saturated carbocycles. The van der Waals surface area contributed by atoms with Crippen molar-refractivity contribution in [2.24, 2.45) is 0 Å². The Morgan fingerprint density at radius 2 is 1.88 bits per heavy atom. The zero-order valence-electron chi connectivity index (χ0n) is 15.4. The average Bonchev–Trinajstić information content (AvgIpc) is 3.09. The van der Waals surface area contributed by atoms with E-state index in [9.17, 15) is 4.79 Å². The van der Waals surface area contributed by atoms with Crippen LogP contribution in [0.15, 0.2) is 59.0 Å². The third-order valence-corrected chi connectivity index (χ3v) is 4.45. The molecule has 0 saturated heterocycles. The summed E-state index contributed by atoms with van der Waals surface area (Å²) >= 11 is 0. The van der Waals surface area contributed by atoms with Crippen LogP contribution in [0.25, 0.3) is 11.0 Å². The van der Waals surface area contributed by atoms with Crippen molar-refractivity contribution in [1.82, 2.24) is 10.2 Å². The van der Waals surface area contributed by atoms with Crippen molar-refractivity contribution in [3.05, 3.63) is 65.9 Å². The Balaban J connectivity index is 1.61. The number of furan rings is 1. The van der Waals surface area contributed by atoms with Crippen molar-refractivity contribution in [2.75, 3.05) is 34.3 Å². The van der Waals surface area contributed by atoms with Gasteiger partial charge in [0.2, 0.25) is 5.78 Å². The Bertz CT molecular complexity index is 835. The second-order valence-corrected chi connectivity index (χ2v) is 6.46. The molecule has 3 aromatic rings. The van der Waals surface area contributed by atoms with Crippen molar-refractivity contribution in [3.63, 3.8) is 0 Å². The fourth-order valence-electron chi connectivity index (χ4n) is 2.95. The van der Waals surface area contributed by atoms with Crippen molar-refractivity contribution >= 4 is 16.8 Å². The van der Waals surface area contributed by atoms with Gasteiger partial charge in [-0.1, -0.05) is 30.3 Å². The molecule has 2 aromatic carbocycles. The third-order valence-electron chi connectivity index (χ3n) is 4.45. The molecule has 1 atom stereocenters. The van der Waals surface area contributed by atoms with E-state index in [0.717, 1.165) is 16.7 Å². The van der Waals surface area contributed by atoms with Crippen LogP contribution in [-0.4, -0.2) is 45.0 Å². The number of Topliss-reactive ketones (excluding diaryl/α,β-unsaturated/α-hetero) is 1. The number of nitrogens with zero attached hydrogens (tertiary/aromatic N) is 1. The van der Waals surface area contributed by atoms with E-state index in [1.54, 1.807) is 13.2 Å². The molecule has 0 aliphatic rings. The quantitative estimate of drug-likeness (QED) is 0.629. The van der Waals surface area contributed by atoms with Gasteiger partial charge in [-0.25, -0.2) is 0 Å². The van der Waals surface area contributed by atoms with Crippen LogP contribution in [0.5, 0.6) is 5.75 Å². The van der Waals surface area contributed by atoms with Gasteiger partial charge in [0.05, 0.1) is 13.7 Å². The number of ether oxygens (including phenoxy) is 1. The van der Waals surface area contributed by atoms with E-state index in [0.29, 0.717) is 12.3 Å². The predicted molar refractivity (Wildman–Crippen MR) is 103 cm³/mol. The van der Waals surface area contributed by atoms with Crippen LogP contribution in [-0.2, 0) is 0 Å². The van der Waals surface area contributed by atoms with Crippen LogP contribution in [0.1, 0.15) is 22.2 Å². The largest absolute Gasteiger partial charge is 0.497 e. The molecule has 0 aliphatic carbocycles. The first-order valence-corrected chi connectivity index (χ1v) is 8.61. The molecule has 0 fully saturated rings. The van der Waals surface area contributed by atoms with Crippen molar-refractivity contribution in [3.8, 4) is 5.75 Å². The van der Waals surface area contributed by atoms with Crippen LogP contribution in [0.2, 0.25) is 0 Å². The van der Waals surface area contributed by atoms with E-state index in [2.05, 4.69) is 10.2 Å². The first-order valence-electron chi connectivity index (χ1n) is 8.61. The number of methoxy groups -OCH3 is 1. The Morgan fingerprint density at radius 1 is 1.15 bits per heavy atom. The molecule has 5 heteroatoms. The lowest BCUT2D eigenvalue weighted by Crippen LogP contribution is -2.33. The minimum atomic E-state index is -0.0477. The average molecular weight is 352 g/mol. The number of hydrogen-bond acceptors (Lipinski definition) is 5. The van der Waals surface area contributed by atoms with Crippen molar-refractivity contribution in [1.29, 1.82) is 0 Å². The highest BCUT2D eigenvalue weighted by molar-refractivity contribution is 5.98. The highest BCUT2D eigenvalue weighted by atomic mass is 16.5. The molecule has 1 N–H and O–H groups in total. The number of nitrogens with one attached hydrogen (secondary N) is 1. The van der Waals surface area contributed by atoms with Gasteiger partial charge in [-0.05, 0) is 43.9 Å². The number of hydrogen-bond donors (Lipinski definition) is 1. The summed E-state index contributed by atoms with van der Waals surface area (Å²) in [5.74, 6) is 1.18. The second-order valence-electron chi connectivity index (χ2n) is 6.46. The molecular formula is C21H24N2O3. The number of benzene rings is 2. The summed E-state index contributed by atoms with van der Waals surface area (Å²) in [7, 11) is 5.71. The predicted octanol–water partition coefficient (Wildman–Crippen LogP) is 3.52. The van der Waals surface area contributed by atoms with E-state index in [1.165, 1.54) is 5.56 Å². The highest BCUT2D eigenvalue weighted by Gasteiger charge is 2.16. The Hall–Kier alpha value is -2.63. The van der Waals surface area contributed by atoms with E-state index in [-0.39, 0.29) is 18.4 Å². The standard InChI is InChI=1S/C21H24N2O3/c1-23(2)18(15-8-10-17(25-3)11-9-15)13-22-14-19(24)21-12-16-6-4-5-7-20(16)26-21/h4-12,18,22H,13-14H2,1-3H3. The third kappa shape index (κ3) is 4.12. The van der Waals surface area contributed by atoms with Crippen LogP contribution in [0, 0.1) is 0 Å². The lowest BCUT2D eigenvalue weighted by molar-refractivity contribution is 0.0964. The maximum Gasteiger partial charge on any atom is 0.211 e. The molecule has 3 rings (SSSR count). The number of carbonyl (C=O) groups is 1. The molecule has 0 bridgehead atoms. The van der Waals surface area contributed by atoms with Gasteiger partial charge >= 0.3 is 0 Å². The lowest BCUT2D eigenvalue weighted by atomic mass is 10.1. The minimum Gasteiger partial charge on any atom is -0.497 e. The van der Waals surface area contributed by atoms with Crippen molar-refractivity contribution in [2.45, 2.75) is 6.04 Å². The van der Waals surface area contributed by atoms with Crippen molar-refractivity contribution < 1.29 is 13.9 Å². The molecule has 136 valence electrons. The maximum absolute atomic E-state index is 12.4. The zero-order valence-corrected chi connectivity index (χ0v) is 15.4. The SMILES string of the molecule is COc1ccc(C(CNCC(=O)c2cc3ccccc3o2)N(C)C)cc1. The van der Waals surface area contributed by atoms with E-state index >= 15 is 0 Å². The van der Waals surface area contributed by atoms with Gasteiger partial charge in [-0.15, -0.1) is 0 Å². The minimum absolute atomic E-state index is 0.0477. The molecule has 0 amide bonds. The summed E-state index contributed by atoms with van der Waals surface area (Å²) in [6.07, 6.45) is 0. The van der Waals surface area contributed by atoms with Crippen LogP contribution < -0.4 is 10.1 Å². The molecule has 0 spiro atoms. The van der Waals surface area contributed by atoms with E-state index in [1.807, 2.05) is 62.6 Å². The summed E-state index contributed by atoms with van der Waals surface area (Å²) in [4.78, 5) is 14.5. The smallest absolute Gasteiger partial charge is 0.211 e. The van der Waals surface area contributed by atoms with Gasteiger partial charge < -0.3 is 19.4 Å². The molecule has 1 unspecified atom stereocenters. The number of rotatable bonds is 8. The summed E-state index contributed by atoms with van der Waals surface area (Å²) in [5, 5.41) is 4.20. The van der Waals surface area contributed by atoms with E-state index in [4.69, 9.17) is 9.15 Å². The van der Waals surface area contributed by atoms with Crippen LogP contribution in [0.4, 0.5) is 0 Å². The normalized spacial score (nSPS) is 12.5. The second kappa shape index (κ2) is 8.17. The Labute approximate surface area is 153 Å². The fourth-order valence-corrected chi connectivity index (χ4v) is 2.95. The molecule has 1 aromatic heterocycles. The fraction of sp³-hybridized carbons (Fsp3) is 0.286. The molecule has 0 aliphatic heterocycles. The topological polar surface area (TPSA) is 54.7 Å². The maximum atomic E-state index is 12.4.